The molecule has 0 bridgehead atoms. The van der Waals surface area contributed by atoms with Gasteiger partial charge in [-0.25, -0.2) is 4.79 Å². The number of pyridine rings is 1. The van der Waals surface area contributed by atoms with Crippen molar-refractivity contribution >= 4 is 16.9 Å². The number of halogens is 3. The molecule has 0 saturated heterocycles. The second-order valence-electron chi connectivity index (χ2n) is 5.83. The molecular formula is C15H15F3N2O2. The Bertz CT molecular complexity index is 798. The van der Waals surface area contributed by atoms with E-state index in [1.165, 1.54) is 6.07 Å². The molecule has 1 aliphatic rings. The summed E-state index contributed by atoms with van der Waals surface area (Å²) in [7, 11) is 1.83. The van der Waals surface area contributed by atoms with Crippen molar-refractivity contribution in [1.29, 1.82) is 0 Å². The van der Waals surface area contributed by atoms with Crippen LogP contribution in [0, 0.1) is 0 Å². The number of alkyl halides is 3. The number of hydrogen-bond acceptors (Lipinski definition) is 4. The molecule has 0 spiro atoms. The first-order valence-electron chi connectivity index (χ1n) is 6.97. The Balaban J connectivity index is 2.36. The van der Waals surface area contributed by atoms with Gasteiger partial charge in [-0.1, -0.05) is 6.92 Å². The highest BCUT2D eigenvalue weighted by molar-refractivity contribution is 5.81. The zero-order chi connectivity index (χ0) is 16.2. The van der Waals surface area contributed by atoms with Gasteiger partial charge in [0, 0.05) is 19.2 Å². The summed E-state index contributed by atoms with van der Waals surface area (Å²) in [5.41, 5.74) is -1.58. The lowest BCUT2D eigenvalue weighted by Crippen LogP contribution is -2.35. The Morgan fingerprint density at radius 2 is 2.00 bits per heavy atom. The number of rotatable bonds is 0. The van der Waals surface area contributed by atoms with Gasteiger partial charge in [-0.2, -0.15) is 18.2 Å². The van der Waals surface area contributed by atoms with Gasteiger partial charge >= 0.3 is 11.8 Å². The van der Waals surface area contributed by atoms with Gasteiger partial charge in [0.1, 0.15) is 5.82 Å². The first-order chi connectivity index (χ1) is 10.2. The molecule has 0 aliphatic carbocycles. The predicted octanol–water partition coefficient (Wildman–Crippen LogP) is 3.54. The maximum atomic E-state index is 13.1. The number of fused-ring (bicyclic) bond motifs is 2. The summed E-state index contributed by atoms with van der Waals surface area (Å²) in [6.07, 6.45) is -3.80. The SMILES string of the molecule is C[C@@H]1C[C@H](C)c2cc3c(C(F)(F)F)cc(=O)oc3nc2N1C. The average molecular weight is 312 g/mol. The van der Waals surface area contributed by atoms with E-state index in [0.717, 1.165) is 12.0 Å². The van der Waals surface area contributed by atoms with Crippen LogP contribution in [0.5, 0.6) is 0 Å². The molecule has 2 atom stereocenters. The van der Waals surface area contributed by atoms with Crippen LogP contribution in [0.25, 0.3) is 11.1 Å². The van der Waals surface area contributed by atoms with Crippen molar-refractivity contribution in [1.82, 2.24) is 4.98 Å². The molecule has 3 heterocycles. The second-order valence-corrected chi connectivity index (χ2v) is 5.83. The molecule has 2 aromatic rings. The number of aromatic nitrogens is 1. The van der Waals surface area contributed by atoms with E-state index in [4.69, 9.17) is 4.42 Å². The predicted molar refractivity (Wildman–Crippen MR) is 76.2 cm³/mol. The highest BCUT2D eigenvalue weighted by Gasteiger charge is 2.36. The minimum Gasteiger partial charge on any atom is -0.404 e. The lowest BCUT2D eigenvalue weighted by atomic mass is 9.89. The summed E-state index contributed by atoms with van der Waals surface area (Å²) in [6.45, 7) is 3.98. The van der Waals surface area contributed by atoms with E-state index in [-0.39, 0.29) is 23.1 Å². The highest BCUT2D eigenvalue weighted by Crippen LogP contribution is 2.40. The van der Waals surface area contributed by atoms with Crippen molar-refractivity contribution in [3.8, 4) is 0 Å². The Labute approximate surface area is 124 Å². The van der Waals surface area contributed by atoms with Crippen LogP contribution in [0.2, 0.25) is 0 Å². The van der Waals surface area contributed by atoms with Crippen molar-refractivity contribution in [3.05, 3.63) is 33.7 Å². The topological polar surface area (TPSA) is 46.3 Å². The van der Waals surface area contributed by atoms with E-state index in [9.17, 15) is 18.0 Å². The van der Waals surface area contributed by atoms with Crippen molar-refractivity contribution in [2.24, 2.45) is 0 Å². The summed E-state index contributed by atoms with van der Waals surface area (Å²) in [6, 6.07) is 2.15. The number of nitrogens with zero attached hydrogens (tertiary/aromatic N) is 2. The summed E-state index contributed by atoms with van der Waals surface area (Å²) >= 11 is 0. The van der Waals surface area contributed by atoms with Crippen LogP contribution in [0.3, 0.4) is 0 Å². The van der Waals surface area contributed by atoms with Crippen molar-refractivity contribution in [2.75, 3.05) is 11.9 Å². The van der Waals surface area contributed by atoms with Gasteiger partial charge in [-0.3, -0.25) is 0 Å². The molecule has 0 amide bonds. The fourth-order valence-corrected chi connectivity index (χ4v) is 2.98. The summed E-state index contributed by atoms with van der Waals surface area (Å²) < 4.78 is 44.3. The van der Waals surface area contributed by atoms with Crippen LogP contribution < -0.4 is 10.5 Å². The summed E-state index contributed by atoms with van der Waals surface area (Å²) in [5, 5.41) is -0.166. The maximum Gasteiger partial charge on any atom is 0.417 e. The highest BCUT2D eigenvalue weighted by atomic mass is 19.4. The molecule has 118 valence electrons. The normalized spacial score (nSPS) is 22.0. The maximum absolute atomic E-state index is 13.1. The Morgan fingerprint density at radius 1 is 1.32 bits per heavy atom. The molecule has 0 saturated carbocycles. The lowest BCUT2D eigenvalue weighted by Gasteiger charge is -2.36. The van der Waals surface area contributed by atoms with Gasteiger partial charge in [0.2, 0.25) is 5.71 Å². The van der Waals surface area contributed by atoms with Gasteiger partial charge in [0.25, 0.3) is 0 Å². The quantitative estimate of drug-likeness (QED) is 0.746. The van der Waals surface area contributed by atoms with E-state index < -0.39 is 17.4 Å². The first-order valence-corrected chi connectivity index (χ1v) is 6.97. The van der Waals surface area contributed by atoms with Crippen molar-refractivity contribution < 1.29 is 17.6 Å². The smallest absolute Gasteiger partial charge is 0.404 e. The van der Waals surface area contributed by atoms with E-state index >= 15 is 0 Å². The van der Waals surface area contributed by atoms with Gasteiger partial charge in [-0.15, -0.1) is 0 Å². The van der Waals surface area contributed by atoms with Gasteiger partial charge < -0.3 is 9.32 Å². The summed E-state index contributed by atoms with van der Waals surface area (Å²) in [5.74, 6) is 0.660. The molecule has 0 N–H and O–H groups in total. The van der Waals surface area contributed by atoms with E-state index in [2.05, 4.69) is 4.98 Å². The zero-order valence-electron chi connectivity index (χ0n) is 12.4. The van der Waals surface area contributed by atoms with Crippen LogP contribution >= 0.6 is 0 Å². The molecule has 3 rings (SSSR count). The van der Waals surface area contributed by atoms with Gasteiger partial charge in [0.05, 0.1) is 10.9 Å². The monoisotopic (exact) mass is 312 g/mol. The van der Waals surface area contributed by atoms with Gasteiger partial charge in [-0.05, 0) is 30.9 Å². The number of hydrogen-bond donors (Lipinski definition) is 0. The molecule has 0 unspecified atom stereocenters. The van der Waals surface area contributed by atoms with Crippen LogP contribution in [0.1, 0.15) is 37.3 Å². The van der Waals surface area contributed by atoms with Crippen molar-refractivity contribution in [3.63, 3.8) is 0 Å². The third-order valence-electron chi connectivity index (χ3n) is 4.27. The van der Waals surface area contributed by atoms with E-state index in [1.54, 1.807) is 0 Å². The molecular weight excluding hydrogens is 297 g/mol. The van der Waals surface area contributed by atoms with Gasteiger partial charge in [0.15, 0.2) is 0 Å². The van der Waals surface area contributed by atoms with Crippen LogP contribution in [-0.4, -0.2) is 18.1 Å². The number of anilines is 1. The molecule has 22 heavy (non-hydrogen) atoms. The summed E-state index contributed by atoms with van der Waals surface area (Å²) in [4.78, 5) is 17.5. The third kappa shape index (κ3) is 2.24. The van der Waals surface area contributed by atoms with Crippen LogP contribution in [0.15, 0.2) is 21.3 Å². The first kappa shape index (κ1) is 14.9. The zero-order valence-corrected chi connectivity index (χ0v) is 12.4. The average Bonchev–Trinajstić information content (AvgIpc) is 2.41. The molecule has 0 fully saturated rings. The van der Waals surface area contributed by atoms with Crippen molar-refractivity contribution in [2.45, 2.75) is 38.4 Å². The lowest BCUT2D eigenvalue weighted by molar-refractivity contribution is -0.136. The standard InChI is InChI=1S/C15H15F3N2O2/c1-7-4-8(2)20(3)13-9(7)5-10-11(15(16,17)18)6-12(21)22-14(10)19-13/h5-8H,4H2,1-3H3/t7-,8+/m0/s1. The van der Waals surface area contributed by atoms with Crippen LogP contribution in [0.4, 0.5) is 19.0 Å². The third-order valence-corrected chi connectivity index (χ3v) is 4.27. The minimum absolute atomic E-state index is 0.0890. The molecule has 0 radical (unpaired) electrons. The fourth-order valence-electron chi connectivity index (χ4n) is 2.98. The molecule has 0 aromatic carbocycles. The Hall–Kier alpha value is -2.05. The van der Waals surface area contributed by atoms with E-state index in [0.29, 0.717) is 11.9 Å². The molecule has 4 nitrogen and oxygen atoms in total. The van der Waals surface area contributed by atoms with Crippen LogP contribution in [-0.2, 0) is 6.18 Å². The van der Waals surface area contributed by atoms with E-state index in [1.807, 2.05) is 25.8 Å². The molecule has 1 aliphatic heterocycles. The molecule has 7 heteroatoms. The second kappa shape index (κ2) is 4.72. The fraction of sp³-hybridized carbons (Fsp3) is 0.467. The minimum atomic E-state index is -4.62. The largest absolute Gasteiger partial charge is 0.417 e. The molecule has 2 aromatic heterocycles. The Morgan fingerprint density at radius 3 is 2.64 bits per heavy atom. The Kier molecular flexibility index (Phi) is 3.19.